The zero-order chi connectivity index (χ0) is 19.6. The molecule has 9 heteroatoms. The smallest absolute Gasteiger partial charge is 0.272 e. The molecule has 2 rings (SSSR count). The number of piperidine rings is 1. The Balaban J connectivity index is 0.00000392. The summed E-state index contributed by atoms with van der Waals surface area (Å²) in [5.41, 5.74) is 0.928. The van der Waals surface area contributed by atoms with Crippen molar-refractivity contribution in [1.29, 1.82) is 0 Å². The van der Waals surface area contributed by atoms with Crippen LogP contribution in [0.2, 0.25) is 0 Å². The highest BCUT2D eigenvalue weighted by molar-refractivity contribution is 14.0. The maximum atomic E-state index is 12.3. The van der Waals surface area contributed by atoms with Crippen molar-refractivity contribution in [2.45, 2.75) is 32.2 Å². The number of aliphatic imine (C=N–C) groups is 1. The number of nitrogens with one attached hydrogen (secondary N) is 2. The van der Waals surface area contributed by atoms with Crippen molar-refractivity contribution in [1.82, 2.24) is 15.5 Å². The van der Waals surface area contributed by atoms with Crippen molar-refractivity contribution >= 4 is 35.8 Å². The van der Waals surface area contributed by atoms with Crippen molar-refractivity contribution in [3.63, 3.8) is 0 Å². The van der Waals surface area contributed by atoms with E-state index in [1.54, 1.807) is 32.3 Å². The van der Waals surface area contributed by atoms with Gasteiger partial charge in [0.2, 0.25) is 5.91 Å². The SMILES string of the molecule is CN=C(NCc1cccc(OCC(F)F)c1)N1CCC(CC(=O)NC)CC1.I. The molecule has 6 nitrogen and oxygen atoms in total. The van der Waals surface area contributed by atoms with Crippen molar-refractivity contribution < 1.29 is 18.3 Å². The molecule has 28 heavy (non-hydrogen) atoms. The molecule has 0 spiro atoms. The minimum Gasteiger partial charge on any atom is -0.488 e. The summed E-state index contributed by atoms with van der Waals surface area (Å²) in [7, 11) is 3.40. The Kier molecular flexibility index (Phi) is 11.1. The predicted molar refractivity (Wildman–Crippen MR) is 117 cm³/mol. The molecule has 0 atom stereocenters. The quantitative estimate of drug-likeness (QED) is 0.337. The van der Waals surface area contributed by atoms with Crippen LogP contribution in [0.1, 0.15) is 24.8 Å². The third-order valence-electron chi connectivity index (χ3n) is 4.60. The van der Waals surface area contributed by atoms with Gasteiger partial charge in [0, 0.05) is 40.2 Å². The number of guanidine groups is 1. The molecule has 0 aliphatic carbocycles. The first kappa shape index (κ1) is 24.4. The van der Waals surface area contributed by atoms with Crippen LogP contribution in [0.15, 0.2) is 29.3 Å². The monoisotopic (exact) mass is 510 g/mol. The van der Waals surface area contributed by atoms with E-state index in [1.807, 2.05) is 6.07 Å². The second-order valence-corrected chi connectivity index (χ2v) is 6.56. The molecular weight excluding hydrogens is 481 g/mol. The van der Waals surface area contributed by atoms with Gasteiger partial charge in [0.1, 0.15) is 12.4 Å². The molecular formula is C19H29F2IN4O2. The van der Waals surface area contributed by atoms with Gasteiger partial charge >= 0.3 is 0 Å². The van der Waals surface area contributed by atoms with Gasteiger partial charge in [-0.2, -0.15) is 0 Å². The van der Waals surface area contributed by atoms with Crippen LogP contribution in [0.25, 0.3) is 0 Å². The van der Waals surface area contributed by atoms with E-state index < -0.39 is 13.0 Å². The molecule has 0 saturated carbocycles. The summed E-state index contributed by atoms with van der Waals surface area (Å²) in [4.78, 5) is 18.0. The summed E-state index contributed by atoms with van der Waals surface area (Å²) in [5, 5.41) is 5.98. The average Bonchev–Trinajstić information content (AvgIpc) is 2.68. The molecule has 1 fully saturated rings. The summed E-state index contributed by atoms with van der Waals surface area (Å²) in [6.07, 6.45) is -0.0188. The highest BCUT2D eigenvalue weighted by Crippen LogP contribution is 2.20. The van der Waals surface area contributed by atoms with Crippen LogP contribution in [0, 0.1) is 5.92 Å². The highest BCUT2D eigenvalue weighted by atomic mass is 127. The molecule has 0 aromatic heterocycles. The molecule has 0 unspecified atom stereocenters. The van der Waals surface area contributed by atoms with Gasteiger partial charge in [-0.15, -0.1) is 24.0 Å². The maximum absolute atomic E-state index is 12.3. The van der Waals surface area contributed by atoms with Crippen LogP contribution in [0.5, 0.6) is 5.75 Å². The van der Waals surface area contributed by atoms with Crippen molar-refractivity contribution in [2.24, 2.45) is 10.9 Å². The van der Waals surface area contributed by atoms with Gasteiger partial charge in [0.25, 0.3) is 6.43 Å². The lowest BCUT2D eigenvalue weighted by Gasteiger charge is -2.34. The Bertz CT molecular complexity index is 638. The topological polar surface area (TPSA) is 66.0 Å². The minimum atomic E-state index is -2.49. The first-order valence-electron chi connectivity index (χ1n) is 9.18. The van der Waals surface area contributed by atoms with E-state index in [9.17, 15) is 13.6 Å². The number of likely N-dealkylation sites (tertiary alicyclic amines) is 1. The van der Waals surface area contributed by atoms with Crippen LogP contribution in [-0.4, -0.2) is 57.0 Å². The number of benzene rings is 1. The molecule has 158 valence electrons. The highest BCUT2D eigenvalue weighted by Gasteiger charge is 2.23. The third kappa shape index (κ3) is 8.15. The summed E-state index contributed by atoms with van der Waals surface area (Å²) in [6.45, 7) is 1.61. The van der Waals surface area contributed by atoms with Gasteiger partial charge in [0.15, 0.2) is 5.96 Å². The van der Waals surface area contributed by atoms with E-state index in [0.29, 0.717) is 24.6 Å². The number of carbonyl (C=O) groups excluding carboxylic acids is 1. The van der Waals surface area contributed by atoms with Gasteiger partial charge in [-0.1, -0.05) is 12.1 Å². The number of carbonyl (C=O) groups is 1. The molecule has 1 aromatic rings. The van der Waals surface area contributed by atoms with E-state index in [-0.39, 0.29) is 29.9 Å². The van der Waals surface area contributed by atoms with E-state index >= 15 is 0 Å². The van der Waals surface area contributed by atoms with E-state index in [4.69, 9.17) is 4.74 Å². The Morgan fingerprint density at radius 2 is 2.07 bits per heavy atom. The molecule has 1 aliphatic heterocycles. The summed E-state index contributed by atoms with van der Waals surface area (Å²) in [6, 6.07) is 7.10. The van der Waals surface area contributed by atoms with Gasteiger partial charge in [-0.25, -0.2) is 8.78 Å². The van der Waals surface area contributed by atoms with Crippen molar-refractivity contribution in [3.8, 4) is 5.75 Å². The van der Waals surface area contributed by atoms with E-state index in [0.717, 1.165) is 37.5 Å². The minimum absolute atomic E-state index is 0. The molecule has 2 N–H and O–H groups in total. The van der Waals surface area contributed by atoms with E-state index in [2.05, 4.69) is 20.5 Å². The molecule has 1 saturated heterocycles. The molecule has 1 aromatic carbocycles. The van der Waals surface area contributed by atoms with Gasteiger partial charge in [-0.05, 0) is 36.5 Å². The molecule has 0 bridgehead atoms. The Morgan fingerprint density at radius 1 is 1.36 bits per heavy atom. The number of nitrogens with zero attached hydrogens (tertiary/aromatic N) is 2. The zero-order valence-electron chi connectivity index (χ0n) is 16.3. The molecule has 1 aliphatic rings. The number of hydrogen-bond acceptors (Lipinski definition) is 3. The fourth-order valence-electron chi connectivity index (χ4n) is 3.13. The van der Waals surface area contributed by atoms with Crippen LogP contribution in [0.4, 0.5) is 8.78 Å². The Labute approximate surface area is 182 Å². The number of hydrogen-bond donors (Lipinski definition) is 2. The first-order chi connectivity index (χ1) is 13.0. The number of rotatable bonds is 7. The van der Waals surface area contributed by atoms with Crippen LogP contribution in [0.3, 0.4) is 0 Å². The number of halogens is 3. The number of alkyl halides is 2. The summed E-state index contributed by atoms with van der Waals surface area (Å²) >= 11 is 0. The maximum Gasteiger partial charge on any atom is 0.272 e. The van der Waals surface area contributed by atoms with Gasteiger partial charge in [-0.3, -0.25) is 9.79 Å². The third-order valence-corrected chi connectivity index (χ3v) is 4.60. The zero-order valence-corrected chi connectivity index (χ0v) is 18.6. The lowest BCUT2D eigenvalue weighted by atomic mass is 9.93. The first-order valence-corrected chi connectivity index (χ1v) is 9.18. The number of ether oxygens (including phenoxy) is 1. The number of amides is 1. The van der Waals surface area contributed by atoms with E-state index in [1.165, 1.54) is 0 Å². The molecule has 0 radical (unpaired) electrons. The van der Waals surface area contributed by atoms with Crippen LogP contribution < -0.4 is 15.4 Å². The average molecular weight is 510 g/mol. The molecule has 1 heterocycles. The standard InChI is InChI=1S/C19H28F2N4O2.HI/c1-22-18(26)11-14-6-8-25(9-7-14)19(23-2)24-12-15-4-3-5-16(10-15)27-13-17(20)21;/h3-5,10,14,17H,6-9,11-13H2,1-2H3,(H,22,26)(H,23,24);1H. The Morgan fingerprint density at radius 3 is 2.68 bits per heavy atom. The van der Waals surface area contributed by atoms with Gasteiger partial charge < -0.3 is 20.3 Å². The lowest BCUT2D eigenvalue weighted by Crippen LogP contribution is -2.45. The van der Waals surface area contributed by atoms with Crippen LogP contribution in [-0.2, 0) is 11.3 Å². The summed E-state index contributed by atoms with van der Waals surface area (Å²) in [5.74, 6) is 1.72. The largest absolute Gasteiger partial charge is 0.488 e. The fraction of sp³-hybridized carbons (Fsp3) is 0.579. The van der Waals surface area contributed by atoms with Gasteiger partial charge in [0.05, 0.1) is 0 Å². The Hall–Kier alpha value is -1.65. The normalized spacial score (nSPS) is 15.2. The van der Waals surface area contributed by atoms with Crippen molar-refractivity contribution in [3.05, 3.63) is 29.8 Å². The van der Waals surface area contributed by atoms with Crippen molar-refractivity contribution in [2.75, 3.05) is 33.8 Å². The predicted octanol–water partition coefficient (Wildman–Crippen LogP) is 2.87. The second kappa shape index (κ2) is 12.7. The summed E-state index contributed by atoms with van der Waals surface area (Å²) < 4.78 is 29.6. The fourth-order valence-corrected chi connectivity index (χ4v) is 3.13. The second-order valence-electron chi connectivity index (χ2n) is 6.56. The van der Waals surface area contributed by atoms with Crippen LogP contribution >= 0.6 is 24.0 Å². The molecule has 1 amide bonds. The lowest BCUT2D eigenvalue weighted by molar-refractivity contribution is -0.121.